The van der Waals surface area contributed by atoms with E-state index >= 15 is 0 Å². The molecule has 5 heteroatoms. The molecule has 0 atom stereocenters. The van der Waals surface area contributed by atoms with E-state index in [2.05, 4.69) is 10.6 Å². The van der Waals surface area contributed by atoms with Crippen LogP contribution >= 0.6 is 12.2 Å². The number of hydrogen-bond acceptors (Lipinski definition) is 3. The van der Waals surface area contributed by atoms with Crippen molar-refractivity contribution in [3.63, 3.8) is 0 Å². The van der Waals surface area contributed by atoms with Crippen LogP contribution in [0.2, 0.25) is 0 Å². The van der Waals surface area contributed by atoms with Gasteiger partial charge >= 0.3 is 5.97 Å². The Morgan fingerprint density at radius 3 is 2.57 bits per heavy atom. The predicted octanol–water partition coefficient (Wildman–Crippen LogP) is 3.47. The average molecular weight is 326 g/mol. The Morgan fingerprint density at radius 2 is 1.83 bits per heavy atom. The van der Waals surface area contributed by atoms with Crippen LogP contribution in [0, 0.1) is 0 Å². The van der Waals surface area contributed by atoms with Crippen molar-refractivity contribution in [1.29, 1.82) is 0 Å². The standard InChI is InChI=1S/C18H18N2O2S/c1-22-17(21)15-11-5-6-12-16(15)20-18(23)19-13-7-10-14-8-3-2-4-9-14/h2-12H,13H2,1H3,(H2,19,20,23)/b10-7+. The van der Waals surface area contributed by atoms with Crippen molar-refractivity contribution >= 4 is 35.1 Å². The maximum atomic E-state index is 11.7. The second kappa shape index (κ2) is 8.70. The van der Waals surface area contributed by atoms with Gasteiger partial charge < -0.3 is 15.4 Å². The van der Waals surface area contributed by atoms with Crippen LogP contribution in [-0.2, 0) is 4.74 Å². The molecule has 0 aliphatic carbocycles. The lowest BCUT2D eigenvalue weighted by molar-refractivity contribution is 0.0602. The average Bonchev–Trinajstić information content (AvgIpc) is 2.59. The molecule has 2 N–H and O–H groups in total. The molecule has 0 bridgehead atoms. The summed E-state index contributed by atoms with van der Waals surface area (Å²) < 4.78 is 4.75. The number of carbonyl (C=O) groups is 1. The summed E-state index contributed by atoms with van der Waals surface area (Å²) in [7, 11) is 1.35. The van der Waals surface area contributed by atoms with Gasteiger partial charge in [-0.15, -0.1) is 0 Å². The minimum atomic E-state index is -0.403. The zero-order chi connectivity index (χ0) is 16.5. The molecule has 0 aromatic heterocycles. The summed E-state index contributed by atoms with van der Waals surface area (Å²) in [5.74, 6) is -0.403. The molecule has 2 rings (SSSR count). The smallest absolute Gasteiger partial charge is 0.339 e. The number of rotatable bonds is 5. The van der Waals surface area contributed by atoms with Crippen molar-refractivity contribution in [1.82, 2.24) is 5.32 Å². The molecule has 0 saturated carbocycles. The highest BCUT2D eigenvalue weighted by molar-refractivity contribution is 7.80. The summed E-state index contributed by atoms with van der Waals surface area (Å²) in [6, 6.07) is 17.1. The van der Waals surface area contributed by atoms with Crippen molar-refractivity contribution in [3.8, 4) is 0 Å². The molecular weight excluding hydrogens is 308 g/mol. The molecule has 0 aliphatic rings. The highest BCUT2D eigenvalue weighted by Crippen LogP contribution is 2.15. The number of methoxy groups -OCH3 is 1. The molecule has 0 saturated heterocycles. The Morgan fingerprint density at radius 1 is 1.13 bits per heavy atom. The summed E-state index contributed by atoms with van der Waals surface area (Å²) >= 11 is 5.24. The third-order valence-corrected chi connectivity index (χ3v) is 3.32. The van der Waals surface area contributed by atoms with E-state index in [-0.39, 0.29) is 0 Å². The summed E-state index contributed by atoms with van der Waals surface area (Å²) in [5.41, 5.74) is 2.19. The number of thiocarbonyl (C=S) groups is 1. The van der Waals surface area contributed by atoms with E-state index in [9.17, 15) is 4.79 Å². The maximum Gasteiger partial charge on any atom is 0.339 e. The van der Waals surface area contributed by atoms with E-state index in [1.54, 1.807) is 18.2 Å². The third kappa shape index (κ3) is 5.23. The van der Waals surface area contributed by atoms with Gasteiger partial charge in [-0.2, -0.15) is 0 Å². The van der Waals surface area contributed by atoms with Crippen LogP contribution in [0.5, 0.6) is 0 Å². The summed E-state index contributed by atoms with van der Waals surface area (Å²) in [4.78, 5) is 11.7. The van der Waals surface area contributed by atoms with Crippen LogP contribution in [-0.4, -0.2) is 24.7 Å². The number of para-hydroxylation sites is 1. The summed E-state index contributed by atoms with van der Waals surface area (Å²) in [5, 5.41) is 6.52. The van der Waals surface area contributed by atoms with Crippen molar-refractivity contribution in [3.05, 3.63) is 71.8 Å². The normalized spacial score (nSPS) is 10.3. The van der Waals surface area contributed by atoms with Crippen LogP contribution in [0.25, 0.3) is 6.08 Å². The molecule has 2 aromatic rings. The Balaban J connectivity index is 1.88. The lowest BCUT2D eigenvalue weighted by Crippen LogP contribution is -2.29. The molecule has 118 valence electrons. The van der Waals surface area contributed by atoms with Gasteiger partial charge in [0.25, 0.3) is 0 Å². The predicted molar refractivity (Wildman–Crippen MR) is 97.5 cm³/mol. The van der Waals surface area contributed by atoms with Crippen LogP contribution in [0.3, 0.4) is 0 Å². The number of esters is 1. The minimum Gasteiger partial charge on any atom is -0.465 e. The molecule has 2 aromatic carbocycles. The zero-order valence-corrected chi connectivity index (χ0v) is 13.6. The molecule has 23 heavy (non-hydrogen) atoms. The number of anilines is 1. The SMILES string of the molecule is COC(=O)c1ccccc1NC(=S)NC/C=C/c1ccccc1. The van der Waals surface area contributed by atoms with E-state index < -0.39 is 5.97 Å². The Labute approximate surface area is 141 Å². The lowest BCUT2D eigenvalue weighted by Gasteiger charge is -2.12. The molecule has 0 spiro atoms. The maximum absolute atomic E-state index is 11.7. The van der Waals surface area contributed by atoms with Crippen molar-refractivity contribution < 1.29 is 9.53 Å². The van der Waals surface area contributed by atoms with Crippen LogP contribution in [0.4, 0.5) is 5.69 Å². The van der Waals surface area contributed by atoms with E-state index in [4.69, 9.17) is 17.0 Å². The van der Waals surface area contributed by atoms with E-state index in [0.717, 1.165) is 5.56 Å². The van der Waals surface area contributed by atoms with E-state index in [1.807, 2.05) is 48.6 Å². The lowest BCUT2D eigenvalue weighted by atomic mass is 10.2. The molecule has 0 unspecified atom stereocenters. The number of carbonyl (C=O) groups excluding carboxylic acids is 1. The molecule has 0 radical (unpaired) electrons. The second-order valence-electron chi connectivity index (χ2n) is 4.69. The van der Waals surface area contributed by atoms with Gasteiger partial charge in [-0.25, -0.2) is 4.79 Å². The van der Waals surface area contributed by atoms with Crippen LogP contribution < -0.4 is 10.6 Å². The fraction of sp³-hybridized carbons (Fsp3) is 0.111. The van der Waals surface area contributed by atoms with Crippen LogP contribution in [0.15, 0.2) is 60.7 Å². The highest BCUT2D eigenvalue weighted by Gasteiger charge is 2.11. The first kappa shape index (κ1) is 16.7. The topological polar surface area (TPSA) is 50.4 Å². The Bertz CT molecular complexity index is 699. The third-order valence-electron chi connectivity index (χ3n) is 3.07. The first-order valence-corrected chi connectivity index (χ1v) is 7.55. The van der Waals surface area contributed by atoms with Crippen molar-refractivity contribution in [2.45, 2.75) is 0 Å². The first-order chi connectivity index (χ1) is 11.2. The number of hydrogen-bond donors (Lipinski definition) is 2. The van der Waals surface area contributed by atoms with Gasteiger partial charge in [-0.1, -0.05) is 54.6 Å². The summed E-state index contributed by atoms with van der Waals surface area (Å²) in [6.45, 7) is 0.584. The van der Waals surface area contributed by atoms with Gasteiger partial charge in [0, 0.05) is 6.54 Å². The Hall–Kier alpha value is -2.66. The van der Waals surface area contributed by atoms with Gasteiger partial charge in [0.05, 0.1) is 18.4 Å². The van der Waals surface area contributed by atoms with Crippen molar-refractivity contribution in [2.75, 3.05) is 19.0 Å². The Kier molecular flexibility index (Phi) is 6.32. The van der Waals surface area contributed by atoms with Gasteiger partial charge in [0.1, 0.15) is 0 Å². The zero-order valence-electron chi connectivity index (χ0n) is 12.8. The first-order valence-electron chi connectivity index (χ1n) is 7.14. The van der Waals surface area contributed by atoms with Crippen LogP contribution in [0.1, 0.15) is 15.9 Å². The quantitative estimate of drug-likeness (QED) is 0.651. The van der Waals surface area contributed by atoms with E-state index in [0.29, 0.717) is 22.9 Å². The number of ether oxygens (including phenoxy) is 1. The molecule has 0 fully saturated rings. The molecule has 4 nitrogen and oxygen atoms in total. The summed E-state index contributed by atoms with van der Waals surface area (Å²) in [6.07, 6.45) is 3.99. The molecule has 0 amide bonds. The van der Waals surface area contributed by atoms with Gasteiger partial charge in [-0.05, 0) is 29.9 Å². The second-order valence-corrected chi connectivity index (χ2v) is 5.09. The highest BCUT2D eigenvalue weighted by atomic mass is 32.1. The van der Waals surface area contributed by atoms with Gasteiger partial charge in [0.2, 0.25) is 0 Å². The van der Waals surface area contributed by atoms with E-state index in [1.165, 1.54) is 7.11 Å². The number of nitrogens with one attached hydrogen (secondary N) is 2. The van der Waals surface area contributed by atoms with Crippen molar-refractivity contribution in [2.24, 2.45) is 0 Å². The minimum absolute atomic E-state index is 0.403. The van der Waals surface area contributed by atoms with Gasteiger partial charge in [0.15, 0.2) is 5.11 Å². The molecular formula is C18H18N2O2S. The fourth-order valence-corrected chi connectivity index (χ4v) is 2.15. The molecule has 0 heterocycles. The molecule has 0 aliphatic heterocycles. The largest absolute Gasteiger partial charge is 0.465 e. The monoisotopic (exact) mass is 326 g/mol. The van der Waals surface area contributed by atoms with Gasteiger partial charge in [-0.3, -0.25) is 0 Å². The number of benzene rings is 2. The fourth-order valence-electron chi connectivity index (χ4n) is 1.96.